The van der Waals surface area contributed by atoms with Gasteiger partial charge >= 0.3 is 0 Å². The minimum absolute atomic E-state index is 0.838. The van der Waals surface area contributed by atoms with Crippen LogP contribution in [0.25, 0.3) is 20.5 Å². The van der Waals surface area contributed by atoms with Crippen LogP contribution in [0, 0.1) is 0 Å². The van der Waals surface area contributed by atoms with Crippen molar-refractivity contribution in [3.05, 3.63) is 56.4 Å². The van der Waals surface area contributed by atoms with Gasteiger partial charge in [0.05, 0.1) is 9.90 Å². The topological polar surface area (TPSA) is 0 Å². The minimum Gasteiger partial charge on any atom is -0.134 e. The zero-order valence-electron chi connectivity index (χ0n) is 9.08. The fraction of sp³-hybridized carbons (Fsp3) is 0. The molecular formula is C14H7Br2ClS. The highest BCUT2D eigenvalue weighted by Gasteiger charge is 2.12. The fourth-order valence-corrected chi connectivity index (χ4v) is 4.19. The molecule has 0 aliphatic carbocycles. The zero-order valence-corrected chi connectivity index (χ0v) is 13.8. The first-order valence-corrected chi connectivity index (χ1v) is 8.07. The Kier molecular flexibility index (Phi) is 3.50. The number of thiophene rings is 1. The van der Waals surface area contributed by atoms with E-state index < -0.39 is 0 Å². The summed E-state index contributed by atoms with van der Waals surface area (Å²) in [6.45, 7) is 0. The zero-order chi connectivity index (χ0) is 12.7. The Morgan fingerprint density at radius 2 is 1.56 bits per heavy atom. The number of rotatable bonds is 1. The normalized spacial score (nSPS) is 11.1. The van der Waals surface area contributed by atoms with Crippen LogP contribution in [-0.2, 0) is 0 Å². The van der Waals surface area contributed by atoms with Crippen molar-refractivity contribution in [3.8, 4) is 10.4 Å². The Bertz CT molecular complexity index is 716. The summed E-state index contributed by atoms with van der Waals surface area (Å²) in [7, 11) is 0. The molecule has 0 unspecified atom stereocenters. The third-order valence-electron chi connectivity index (χ3n) is 2.70. The number of hydrogen-bond donors (Lipinski definition) is 0. The molecule has 0 radical (unpaired) electrons. The van der Waals surface area contributed by atoms with Crippen LogP contribution in [0.15, 0.2) is 51.4 Å². The van der Waals surface area contributed by atoms with Crippen molar-refractivity contribution in [1.29, 1.82) is 0 Å². The van der Waals surface area contributed by atoms with Crippen LogP contribution in [0.1, 0.15) is 0 Å². The van der Waals surface area contributed by atoms with Crippen molar-refractivity contribution < 1.29 is 0 Å². The minimum atomic E-state index is 0.838. The summed E-state index contributed by atoms with van der Waals surface area (Å²) in [4.78, 5) is 1.12. The molecule has 1 heterocycles. The lowest BCUT2D eigenvalue weighted by Gasteiger charge is -1.98. The molecule has 0 bridgehead atoms. The second kappa shape index (κ2) is 4.97. The number of halogens is 3. The Morgan fingerprint density at radius 1 is 0.889 bits per heavy atom. The third kappa shape index (κ3) is 2.25. The summed E-state index contributed by atoms with van der Waals surface area (Å²) in [5.74, 6) is 0. The van der Waals surface area contributed by atoms with Gasteiger partial charge in [-0.3, -0.25) is 0 Å². The fourth-order valence-electron chi connectivity index (χ4n) is 1.83. The molecule has 2 aromatic carbocycles. The summed E-state index contributed by atoms with van der Waals surface area (Å²) >= 11 is 15.1. The van der Waals surface area contributed by atoms with Gasteiger partial charge in [-0.25, -0.2) is 0 Å². The molecule has 4 heteroatoms. The van der Waals surface area contributed by atoms with Crippen LogP contribution in [0.4, 0.5) is 0 Å². The average molecular weight is 403 g/mol. The van der Waals surface area contributed by atoms with Crippen LogP contribution in [0.5, 0.6) is 0 Å². The van der Waals surface area contributed by atoms with Gasteiger partial charge in [0.1, 0.15) is 0 Å². The van der Waals surface area contributed by atoms with Crippen LogP contribution in [0.3, 0.4) is 0 Å². The molecule has 0 saturated heterocycles. The van der Waals surface area contributed by atoms with Crippen molar-refractivity contribution in [3.63, 3.8) is 0 Å². The van der Waals surface area contributed by atoms with Gasteiger partial charge < -0.3 is 0 Å². The van der Waals surface area contributed by atoms with Crippen LogP contribution >= 0.6 is 54.8 Å². The van der Waals surface area contributed by atoms with E-state index in [0.717, 1.165) is 29.8 Å². The summed E-state index contributed by atoms with van der Waals surface area (Å²) in [5, 5.41) is 1.95. The van der Waals surface area contributed by atoms with Gasteiger partial charge in [0.25, 0.3) is 0 Å². The third-order valence-corrected chi connectivity index (χ3v) is 5.43. The highest BCUT2D eigenvalue weighted by atomic mass is 79.9. The summed E-state index contributed by atoms with van der Waals surface area (Å²) < 4.78 is 3.36. The highest BCUT2D eigenvalue weighted by Crippen LogP contribution is 2.42. The quantitative estimate of drug-likeness (QED) is 0.422. The van der Waals surface area contributed by atoms with Crippen molar-refractivity contribution in [2.24, 2.45) is 0 Å². The van der Waals surface area contributed by atoms with E-state index in [9.17, 15) is 0 Å². The van der Waals surface area contributed by atoms with Crippen molar-refractivity contribution in [1.82, 2.24) is 0 Å². The van der Waals surface area contributed by atoms with E-state index in [2.05, 4.69) is 56.1 Å². The van der Waals surface area contributed by atoms with Crippen LogP contribution in [0.2, 0.25) is 5.02 Å². The molecule has 0 atom stereocenters. The Hall–Kier alpha value is -0.350. The SMILES string of the molecule is Clc1c(-c2ccc(Br)cc2)sc2cc(Br)ccc12. The summed E-state index contributed by atoms with van der Waals surface area (Å²) in [5.41, 5.74) is 1.15. The Morgan fingerprint density at radius 3 is 2.28 bits per heavy atom. The second-order valence-corrected chi connectivity index (χ2v) is 7.15. The molecule has 0 saturated carbocycles. The first-order valence-electron chi connectivity index (χ1n) is 5.28. The van der Waals surface area contributed by atoms with E-state index in [1.807, 2.05) is 18.2 Å². The molecule has 0 nitrogen and oxygen atoms in total. The lowest BCUT2D eigenvalue weighted by molar-refractivity contribution is 1.65. The van der Waals surface area contributed by atoms with Gasteiger partial charge in [-0.1, -0.05) is 61.7 Å². The molecule has 3 aromatic rings. The maximum absolute atomic E-state index is 6.47. The van der Waals surface area contributed by atoms with Crippen LogP contribution < -0.4 is 0 Å². The summed E-state index contributed by atoms with van der Waals surface area (Å²) in [6, 6.07) is 14.4. The standard InChI is InChI=1S/C14H7Br2ClS/c15-9-3-1-8(2-4-9)14-13(17)11-6-5-10(16)7-12(11)18-14/h1-7H. The van der Waals surface area contributed by atoms with Crippen molar-refractivity contribution in [2.75, 3.05) is 0 Å². The van der Waals surface area contributed by atoms with Gasteiger partial charge in [0, 0.05) is 19.0 Å². The lowest BCUT2D eigenvalue weighted by Crippen LogP contribution is -1.72. The molecule has 0 aliphatic rings. The monoisotopic (exact) mass is 400 g/mol. The maximum Gasteiger partial charge on any atom is 0.0670 e. The van der Waals surface area contributed by atoms with E-state index in [0.29, 0.717) is 0 Å². The molecule has 0 spiro atoms. The second-order valence-electron chi connectivity index (χ2n) is 3.89. The highest BCUT2D eigenvalue weighted by molar-refractivity contribution is 9.10. The van der Waals surface area contributed by atoms with Crippen molar-refractivity contribution in [2.45, 2.75) is 0 Å². The number of hydrogen-bond acceptors (Lipinski definition) is 1. The van der Waals surface area contributed by atoms with Gasteiger partial charge in [0.2, 0.25) is 0 Å². The molecule has 0 amide bonds. The largest absolute Gasteiger partial charge is 0.134 e. The predicted molar refractivity (Wildman–Crippen MR) is 87.7 cm³/mol. The molecule has 0 fully saturated rings. The molecule has 0 N–H and O–H groups in total. The smallest absolute Gasteiger partial charge is 0.0670 e. The molecular weight excluding hydrogens is 395 g/mol. The van der Waals surface area contributed by atoms with Gasteiger partial charge in [-0.2, -0.15) is 0 Å². The molecule has 3 rings (SSSR count). The van der Waals surface area contributed by atoms with E-state index in [1.54, 1.807) is 11.3 Å². The molecule has 90 valence electrons. The van der Waals surface area contributed by atoms with Crippen LogP contribution in [-0.4, -0.2) is 0 Å². The van der Waals surface area contributed by atoms with Gasteiger partial charge in [0.15, 0.2) is 0 Å². The van der Waals surface area contributed by atoms with E-state index >= 15 is 0 Å². The summed E-state index contributed by atoms with van der Waals surface area (Å²) in [6.07, 6.45) is 0. The van der Waals surface area contributed by atoms with E-state index in [4.69, 9.17) is 11.6 Å². The van der Waals surface area contributed by atoms with Gasteiger partial charge in [-0.15, -0.1) is 11.3 Å². The number of fused-ring (bicyclic) bond motifs is 1. The van der Waals surface area contributed by atoms with Gasteiger partial charge in [-0.05, 0) is 29.8 Å². The molecule has 0 aliphatic heterocycles. The van der Waals surface area contributed by atoms with Crippen molar-refractivity contribution >= 4 is 64.9 Å². The Balaban J connectivity index is 2.23. The average Bonchev–Trinajstić information content (AvgIpc) is 2.67. The first-order chi connectivity index (χ1) is 8.65. The lowest BCUT2D eigenvalue weighted by atomic mass is 10.1. The van der Waals surface area contributed by atoms with E-state index in [1.165, 1.54) is 4.70 Å². The van der Waals surface area contributed by atoms with E-state index in [-0.39, 0.29) is 0 Å². The Labute approximate surface area is 131 Å². The maximum atomic E-state index is 6.47. The predicted octanol–water partition coefficient (Wildman–Crippen LogP) is 6.75. The first kappa shape index (κ1) is 12.7. The molecule has 18 heavy (non-hydrogen) atoms. The molecule has 1 aromatic heterocycles. The number of benzene rings is 2.